The van der Waals surface area contributed by atoms with Gasteiger partial charge in [0, 0.05) is 23.9 Å². The summed E-state index contributed by atoms with van der Waals surface area (Å²) in [6.45, 7) is 1.95. The fraction of sp³-hybridized carbons (Fsp3) is 0.417. The first kappa shape index (κ1) is 14.5. The highest BCUT2D eigenvalue weighted by Gasteiger charge is 2.11. The molecular formula is C12H17NO4S. The molecule has 0 heterocycles. The lowest BCUT2D eigenvalue weighted by molar-refractivity contribution is 0.0952. The Morgan fingerprint density at radius 2 is 2.06 bits per heavy atom. The van der Waals surface area contributed by atoms with Gasteiger partial charge in [-0.15, -0.1) is 0 Å². The quantitative estimate of drug-likeness (QED) is 0.778. The van der Waals surface area contributed by atoms with Gasteiger partial charge in [0.05, 0.1) is 5.75 Å². The molecule has 1 aromatic rings. The van der Waals surface area contributed by atoms with E-state index in [1.54, 1.807) is 19.1 Å². The third-order valence-electron chi connectivity index (χ3n) is 2.53. The number of rotatable bonds is 5. The van der Waals surface area contributed by atoms with E-state index in [1.165, 1.54) is 6.07 Å². The molecule has 0 saturated carbocycles. The van der Waals surface area contributed by atoms with Crippen molar-refractivity contribution in [3.63, 3.8) is 0 Å². The van der Waals surface area contributed by atoms with Crippen molar-refractivity contribution in [1.29, 1.82) is 0 Å². The minimum Gasteiger partial charge on any atom is -0.508 e. The first-order chi connectivity index (χ1) is 8.31. The maximum atomic E-state index is 11.8. The Morgan fingerprint density at radius 3 is 2.67 bits per heavy atom. The van der Waals surface area contributed by atoms with Crippen molar-refractivity contribution in [3.05, 3.63) is 29.3 Å². The first-order valence-corrected chi connectivity index (χ1v) is 7.62. The number of carbonyl (C=O) groups is 1. The summed E-state index contributed by atoms with van der Waals surface area (Å²) in [6, 6.07) is 4.71. The molecule has 0 aliphatic carbocycles. The minimum atomic E-state index is -2.99. The van der Waals surface area contributed by atoms with Gasteiger partial charge in [0.2, 0.25) is 0 Å². The topological polar surface area (TPSA) is 83.5 Å². The van der Waals surface area contributed by atoms with Crippen LogP contribution in [0.5, 0.6) is 5.75 Å². The van der Waals surface area contributed by atoms with Crippen molar-refractivity contribution in [2.75, 3.05) is 18.6 Å². The van der Waals surface area contributed by atoms with Gasteiger partial charge in [-0.3, -0.25) is 4.79 Å². The minimum absolute atomic E-state index is 0.0479. The number of amides is 1. The fourth-order valence-electron chi connectivity index (χ4n) is 1.50. The summed E-state index contributed by atoms with van der Waals surface area (Å²) in [5.74, 6) is -0.192. The predicted octanol–water partition coefficient (Wildman–Crippen LogP) is 0.865. The number of phenols is 1. The molecule has 2 N–H and O–H groups in total. The lowest BCUT2D eigenvalue weighted by Crippen LogP contribution is -2.26. The maximum Gasteiger partial charge on any atom is 0.251 e. The normalized spacial score (nSPS) is 11.2. The largest absolute Gasteiger partial charge is 0.508 e. The average Bonchev–Trinajstić information content (AvgIpc) is 2.26. The van der Waals surface area contributed by atoms with E-state index < -0.39 is 9.84 Å². The van der Waals surface area contributed by atoms with Crippen molar-refractivity contribution in [2.45, 2.75) is 13.3 Å². The highest BCUT2D eigenvalue weighted by molar-refractivity contribution is 7.90. The van der Waals surface area contributed by atoms with E-state index in [4.69, 9.17) is 0 Å². The highest BCUT2D eigenvalue weighted by Crippen LogP contribution is 2.19. The number of carbonyl (C=O) groups excluding carboxylic acids is 1. The fourth-order valence-corrected chi connectivity index (χ4v) is 2.17. The van der Waals surface area contributed by atoms with E-state index in [0.29, 0.717) is 24.1 Å². The smallest absolute Gasteiger partial charge is 0.251 e. The third kappa shape index (κ3) is 4.37. The summed E-state index contributed by atoms with van der Waals surface area (Å²) >= 11 is 0. The summed E-state index contributed by atoms with van der Waals surface area (Å²) in [7, 11) is -2.99. The van der Waals surface area contributed by atoms with E-state index >= 15 is 0 Å². The van der Waals surface area contributed by atoms with Crippen LogP contribution in [0.1, 0.15) is 22.3 Å². The van der Waals surface area contributed by atoms with Gasteiger partial charge in [-0.2, -0.15) is 0 Å². The van der Waals surface area contributed by atoms with Crippen molar-refractivity contribution in [2.24, 2.45) is 0 Å². The molecule has 0 fully saturated rings. The molecule has 0 spiro atoms. The highest BCUT2D eigenvalue weighted by atomic mass is 32.2. The molecular weight excluding hydrogens is 254 g/mol. The molecule has 0 aliphatic heterocycles. The molecule has 1 aromatic carbocycles. The monoisotopic (exact) mass is 271 g/mol. The Kier molecular flexibility index (Phi) is 4.72. The van der Waals surface area contributed by atoms with Gasteiger partial charge in [-0.1, -0.05) is 6.07 Å². The Balaban J connectivity index is 2.54. The molecule has 0 bridgehead atoms. The van der Waals surface area contributed by atoms with Crippen LogP contribution in [0.4, 0.5) is 0 Å². The van der Waals surface area contributed by atoms with Gasteiger partial charge in [-0.25, -0.2) is 8.42 Å². The van der Waals surface area contributed by atoms with Crippen LogP contribution in [-0.2, 0) is 9.84 Å². The number of hydrogen-bond donors (Lipinski definition) is 2. The summed E-state index contributed by atoms with van der Waals surface area (Å²) in [5, 5.41) is 12.1. The Bertz CT molecular complexity index is 537. The van der Waals surface area contributed by atoms with E-state index in [9.17, 15) is 18.3 Å². The summed E-state index contributed by atoms with van der Waals surface area (Å²) in [5.41, 5.74) is 0.910. The van der Waals surface area contributed by atoms with Gasteiger partial charge in [0.25, 0.3) is 5.91 Å². The maximum absolute atomic E-state index is 11.8. The molecule has 0 saturated heterocycles. The van der Waals surface area contributed by atoms with Crippen molar-refractivity contribution in [3.8, 4) is 5.75 Å². The molecule has 0 unspecified atom stereocenters. The zero-order valence-corrected chi connectivity index (χ0v) is 11.3. The number of nitrogens with one attached hydrogen (secondary N) is 1. The summed E-state index contributed by atoms with van der Waals surface area (Å²) in [4.78, 5) is 11.8. The van der Waals surface area contributed by atoms with Gasteiger partial charge >= 0.3 is 0 Å². The van der Waals surface area contributed by atoms with Crippen LogP contribution in [-0.4, -0.2) is 38.0 Å². The number of benzene rings is 1. The van der Waals surface area contributed by atoms with Crippen LogP contribution in [0.15, 0.2) is 18.2 Å². The Hall–Kier alpha value is -1.56. The van der Waals surface area contributed by atoms with Crippen LogP contribution >= 0.6 is 0 Å². The molecule has 0 aromatic heterocycles. The number of hydrogen-bond acceptors (Lipinski definition) is 4. The zero-order valence-electron chi connectivity index (χ0n) is 10.4. The van der Waals surface area contributed by atoms with Gasteiger partial charge in [0.1, 0.15) is 15.6 Å². The SMILES string of the molecule is Cc1c(O)cccc1C(=O)NCCCS(C)(=O)=O. The second-order valence-electron chi connectivity index (χ2n) is 4.19. The Labute approximate surface area is 107 Å². The first-order valence-electron chi connectivity index (χ1n) is 5.56. The van der Waals surface area contributed by atoms with Crippen molar-refractivity contribution in [1.82, 2.24) is 5.32 Å². The average molecular weight is 271 g/mol. The molecule has 6 heteroatoms. The number of phenolic OH excluding ortho intramolecular Hbond substituents is 1. The van der Waals surface area contributed by atoms with Crippen LogP contribution in [0, 0.1) is 6.92 Å². The van der Waals surface area contributed by atoms with E-state index in [-0.39, 0.29) is 17.4 Å². The lowest BCUT2D eigenvalue weighted by Gasteiger charge is -2.08. The third-order valence-corrected chi connectivity index (χ3v) is 3.56. The number of aromatic hydroxyl groups is 1. The van der Waals surface area contributed by atoms with Gasteiger partial charge < -0.3 is 10.4 Å². The Morgan fingerprint density at radius 1 is 1.39 bits per heavy atom. The number of sulfone groups is 1. The van der Waals surface area contributed by atoms with Crippen LogP contribution in [0.25, 0.3) is 0 Å². The molecule has 0 radical (unpaired) electrons. The van der Waals surface area contributed by atoms with Crippen LogP contribution < -0.4 is 5.32 Å². The van der Waals surface area contributed by atoms with Crippen LogP contribution in [0.2, 0.25) is 0 Å². The molecule has 100 valence electrons. The standard InChI is InChI=1S/C12H17NO4S/c1-9-10(5-3-6-11(9)14)12(15)13-7-4-8-18(2,16)17/h3,5-6,14H,4,7-8H2,1-2H3,(H,13,15). The zero-order chi connectivity index (χ0) is 13.8. The summed E-state index contributed by atoms with van der Waals surface area (Å²) in [6.07, 6.45) is 1.54. The second kappa shape index (κ2) is 5.86. The summed E-state index contributed by atoms with van der Waals surface area (Å²) < 4.78 is 21.8. The van der Waals surface area contributed by atoms with Gasteiger partial charge in [0.15, 0.2) is 0 Å². The van der Waals surface area contributed by atoms with E-state index in [2.05, 4.69) is 5.32 Å². The molecule has 5 nitrogen and oxygen atoms in total. The van der Waals surface area contributed by atoms with E-state index in [0.717, 1.165) is 6.26 Å². The molecule has 0 atom stereocenters. The molecule has 1 amide bonds. The molecule has 1 rings (SSSR count). The predicted molar refractivity (Wildman–Crippen MR) is 69.5 cm³/mol. The van der Waals surface area contributed by atoms with E-state index in [1.807, 2.05) is 0 Å². The molecule has 18 heavy (non-hydrogen) atoms. The lowest BCUT2D eigenvalue weighted by atomic mass is 10.1. The molecule has 0 aliphatic rings. The second-order valence-corrected chi connectivity index (χ2v) is 6.45. The van der Waals surface area contributed by atoms with Crippen molar-refractivity contribution < 1.29 is 18.3 Å². The van der Waals surface area contributed by atoms with Crippen LogP contribution in [0.3, 0.4) is 0 Å². The van der Waals surface area contributed by atoms with Gasteiger partial charge in [-0.05, 0) is 25.5 Å². The van der Waals surface area contributed by atoms with Crippen molar-refractivity contribution >= 4 is 15.7 Å².